The standard InChI is InChI=1S/C18H21NO3S/c1-14-4-2-3-5-16(14)8-10-19-17(20)12-22-18(21)7-6-15-9-11-23-13-15/h2-5,9,11,13H,6-8,10,12H2,1H3,(H,19,20). The fourth-order valence-electron chi connectivity index (χ4n) is 2.18. The lowest BCUT2D eigenvalue weighted by Crippen LogP contribution is -2.30. The number of benzene rings is 1. The van der Waals surface area contributed by atoms with Crippen molar-refractivity contribution in [2.24, 2.45) is 0 Å². The number of aryl methyl sites for hydroxylation is 2. The SMILES string of the molecule is Cc1ccccc1CCNC(=O)COC(=O)CCc1ccsc1. The Bertz CT molecular complexity index is 637. The van der Waals surface area contributed by atoms with Gasteiger partial charge in [-0.05, 0) is 53.3 Å². The fourth-order valence-corrected chi connectivity index (χ4v) is 2.88. The minimum atomic E-state index is -0.342. The Balaban J connectivity index is 1.59. The number of rotatable bonds is 8. The van der Waals surface area contributed by atoms with Gasteiger partial charge in [0.05, 0.1) is 0 Å². The molecule has 0 spiro atoms. The van der Waals surface area contributed by atoms with Crippen LogP contribution in [0.4, 0.5) is 0 Å². The Labute approximate surface area is 140 Å². The summed E-state index contributed by atoms with van der Waals surface area (Å²) >= 11 is 1.60. The zero-order chi connectivity index (χ0) is 16.5. The van der Waals surface area contributed by atoms with Crippen LogP contribution in [0, 0.1) is 6.92 Å². The Morgan fingerprint density at radius 1 is 1.17 bits per heavy atom. The number of hydrogen-bond donors (Lipinski definition) is 1. The Kier molecular flexibility index (Phi) is 6.81. The number of nitrogens with one attached hydrogen (secondary N) is 1. The van der Waals surface area contributed by atoms with Gasteiger partial charge in [0.1, 0.15) is 0 Å². The van der Waals surface area contributed by atoms with E-state index in [1.165, 1.54) is 11.1 Å². The number of carbonyl (C=O) groups excluding carboxylic acids is 2. The highest BCUT2D eigenvalue weighted by Crippen LogP contribution is 2.09. The third kappa shape index (κ3) is 6.24. The summed E-state index contributed by atoms with van der Waals surface area (Å²) in [4.78, 5) is 23.3. The second-order valence-corrected chi connectivity index (χ2v) is 6.10. The van der Waals surface area contributed by atoms with Gasteiger partial charge in [-0.15, -0.1) is 0 Å². The first-order valence-corrected chi connectivity index (χ1v) is 8.57. The lowest BCUT2D eigenvalue weighted by molar-refractivity contribution is -0.148. The average molecular weight is 331 g/mol. The third-order valence-electron chi connectivity index (χ3n) is 3.54. The summed E-state index contributed by atoms with van der Waals surface area (Å²) in [6.45, 7) is 2.37. The minimum absolute atomic E-state index is 0.212. The monoisotopic (exact) mass is 331 g/mol. The van der Waals surface area contributed by atoms with E-state index in [2.05, 4.69) is 5.32 Å². The van der Waals surface area contributed by atoms with E-state index in [1.807, 2.05) is 48.0 Å². The van der Waals surface area contributed by atoms with Gasteiger partial charge in [0.15, 0.2) is 6.61 Å². The number of amides is 1. The second-order valence-electron chi connectivity index (χ2n) is 5.32. The molecule has 0 saturated heterocycles. The van der Waals surface area contributed by atoms with Gasteiger partial charge in [-0.2, -0.15) is 11.3 Å². The highest BCUT2D eigenvalue weighted by atomic mass is 32.1. The molecule has 0 unspecified atom stereocenters. The largest absolute Gasteiger partial charge is 0.456 e. The van der Waals surface area contributed by atoms with Crippen LogP contribution in [-0.4, -0.2) is 25.0 Å². The highest BCUT2D eigenvalue weighted by molar-refractivity contribution is 7.07. The summed E-state index contributed by atoms with van der Waals surface area (Å²) in [5.41, 5.74) is 3.54. The minimum Gasteiger partial charge on any atom is -0.456 e. The quantitative estimate of drug-likeness (QED) is 0.757. The first-order chi connectivity index (χ1) is 11.1. The van der Waals surface area contributed by atoms with Crippen LogP contribution >= 0.6 is 11.3 Å². The molecule has 0 aliphatic rings. The van der Waals surface area contributed by atoms with Crippen molar-refractivity contribution in [1.82, 2.24) is 5.32 Å². The highest BCUT2D eigenvalue weighted by Gasteiger charge is 2.08. The maximum atomic E-state index is 11.7. The molecule has 1 aromatic heterocycles. The van der Waals surface area contributed by atoms with E-state index >= 15 is 0 Å². The van der Waals surface area contributed by atoms with Crippen molar-refractivity contribution >= 4 is 23.2 Å². The van der Waals surface area contributed by atoms with Crippen molar-refractivity contribution in [3.63, 3.8) is 0 Å². The summed E-state index contributed by atoms with van der Waals surface area (Å²) in [7, 11) is 0. The van der Waals surface area contributed by atoms with Gasteiger partial charge in [-0.3, -0.25) is 9.59 Å². The molecule has 1 heterocycles. The maximum absolute atomic E-state index is 11.7. The molecular formula is C18H21NO3S. The summed E-state index contributed by atoms with van der Waals surface area (Å²) in [5.74, 6) is -0.604. The van der Waals surface area contributed by atoms with Crippen molar-refractivity contribution < 1.29 is 14.3 Å². The number of esters is 1. The number of thiophene rings is 1. The van der Waals surface area contributed by atoms with Gasteiger partial charge in [-0.1, -0.05) is 24.3 Å². The normalized spacial score (nSPS) is 10.3. The first-order valence-electron chi connectivity index (χ1n) is 7.63. The summed E-state index contributed by atoms with van der Waals surface area (Å²) in [6, 6.07) is 10.1. The third-order valence-corrected chi connectivity index (χ3v) is 4.27. The van der Waals surface area contributed by atoms with Crippen LogP contribution in [0.15, 0.2) is 41.1 Å². The molecule has 0 radical (unpaired) electrons. The van der Waals surface area contributed by atoms with Crippen molar-refractivity contribution in [2.75, 3.05) is 13.2 Å². The Hall–Kier alpha value is -2.14. The van der Waals surface area contributed by atoms with E-state index in [4.69, 9.17) is 4.74 Å². The van der Waals surface area contributed by atoms with Crippen molar-refractivity contribution in [3.8, 4) is 0 Å². The van der Waals surface area contributed by atoms with Gasteiger partial charge in [0.25, 0.3) is 5.91 Å². The predicted molar refractivity (Wildman–Crippen MR) is 91.5 cm³/mol. The van der Waals surface area contributed by atoms with Gasteiger partial charge in [0.2, 0.25) is 0 Å². The molecule has 4 nitrogen and oxygen atoms in total. The topological polar surface area (TPSA) is 55.4 Å². The molecule has 5 heteroatoms. The van der Waals surface area contributed by atoms with Crippen LogP contribution in [-0.2, 0) is 27.2 Å². The number of ether oxygens (including phenoxy) is 1. The summed E-state index contributed by atoms with van der Waals surface area (Å²) in [6.07, 6.45) is 1.72. The van der Waals surface area contributed by atoms with Crippen molar-refractivity contribution in [2.45, 2.75) is 26.2 Å². The summed E-state index contributed by atoms with van der Waals surface area (Å²) in [5, 5.41) is 6.75. The molecule has 0 saturated carbocycles. The first kappa shape index (κ1) is 17.2. The zero-order valence-electron chi connectivity index (χ0n) is 13.2. The van der Waals surface area contributed by atoms with E-state index in [-0.39, 0.29) is 18.5 Å². The van der Waals surface area contributed by atoms with Crippen LogP contribution in [0.1, 0.15) is 23.1 Å². The van der Waals surface area contributed by atoms with Crippen LogP contribution in [0.2, 0.25) is 0 Å². The lowest BCUT2D eigenvalue weighted by Gasteiger charge is -2.08. The molecule has 0 fully saturated rings. The van der Waals surface area contributed by atoms with Crippen LogP contribution in [0.3, 0.4) is 0 Å². The number of hydrogen-bond acceptors (Lipinski definition) is 4. The molecule has 23 heavy (non-hydrogen) atoms. The van der Waals surface area contributed by atoms with Crippen LogP contribution in [0.25, 0.3) is 0 Å². The Morgan fingerprint density at radius 3 is 2.74 bits per heavy atom. The van der Waals surface area contributed by atoms with E-state index in [0.717, 1.165) is 12.0 Å². The maximum Gasteiger partial charge on any atom is 0.306 e. The molecule has 0 bridgehead atoms. The molecular weight excluding hydrogens is 310 g/mol. The van der Waals surface area contributed by atoms with Crippen LogP contribution < -0.4 is 5.32 Å². The van der Waals surface area contributed by atoms with Crippen LogP contribution in [0.5, 0.6) is 0 Å². The van der Waals surface area contributed by atoms with Gasteiger partial charge in [0, 0.05) is 13.0 Å². The molecule has 1 amide bonds. The van der Waals surface area contributed by atoms with Gasteiger partial charge < -0.3 is 10.1 Å². The predicted octanol–water partition coefficient (Wildman–Crippen LogP) is 2.89. The van der Waals surface area contributed by atoms with Crippen molar-refractivity contribution in [3.05, 3.63) is 57.8 Å². The molecule has 1 aromatic carbocycles. The molecule has 0 aliphatic heterocycles. The molecule has 122 valence electrons. The van der Waals surface area contributed by atoms with E-state index < -0.39 is 0 Å². The molecule has 2 aromatic rings. The molecule has 2 rings (SSSR count). The van der Waals surface area contributed by atoms with Crippen molar-refractivity contribution in [1.29, 1.82) is 0 Å². The Morgan fingerprint density at radius 2 is 2.00 bits per heavy atom. The average Bonchev–Trinajstić information content (AvgIpc) is 3.06. The molecule has 0 aliphatic carbocycles. The van der Waals surface area contributed by atoms with E-state index in [1.54, 1.807) is 11.3 Å². The molecule has 0 atom stereocenters. The molecule has 1 N–H and O–H groups in total. The zero-order valence-corrected chi connectivity index (χ0v) is 14.0. The summed E-state index contributed by atoms with van der Waals surface area (Å²) < 4.78 is 4.98. The van der Waals surface area contributed by atoms with Gasteiger partial charge in [-0.25, -0.2) is 0 Å². The second kappa shape index (κ2) is 9.10. The number of carbonyl (C=O) groups is 2. The smallest absolute Gasteiger partial charge is 0.306 e. The van der Waals surface area contributed by atoms with E-state index in [0.29, 0.717) is 19.4 Å². The van der Waals surface area contributed by atoms with Gasteiger partial charge >= 0.3 is 5.97 Å². The van der Waals surface area contributed by atoms with E-state index in [9.17, 15) is 9.59 Å². The fraction of sp³-hybridized carbons (Fsp3) is 0.333. The lowest BCUT2D eigenvalue weighted by atomic mass is 10.1.